The average molecular weight is 473 g/mol. The van der Waals surface area contributed by atoms with Crippen molar-refractivity contribution < 1.29 is 0 Å². The van der Waals surface area contributed by atoms with Crippen LogP contribution < -0.4 is 27.0 Å². The molecule has 0 radical (unpaired) electrons. The minimum Gasteiger partial charge on any atom is -0.329 e. The second-order valence-corrected chi connectivity index (χ2v) is 8.53. The normalized spacial score (nSPS) is 11.8. The molecule has 6 heteroatoms. The van der Waals surface area contributed by atoms with Crippen LogP contribution in [0.25, 0.3) is 0 Å². The SMILES string of the molecule is C=CCN(CC=C)C(CC=C)(CC=C)C(CC=C)(CC=C)NCCNCCNCCNCCN. The summed E-state index contributed by atoms with van der Waals surface area (Å²) in [6, 6.07) is 0. The van der Waals surface area contributed by atoms with E-state index in [1.807, 2.05) is 36.5 Å². The van der Waals surface area contributed by atoms with E-state index in [0.29, 0.717) is 6.54 Å². The Morgan fingerprint density at radius 2 is 0.971 bits per heavy atom. The average Bonchev–Trinajstić information content (AvgIpc) is 2.82. The van der Waals surface area contributed by atoms with E-state index in [-0.39, 0.29) is 11.1 Å². The van der Waals surface area contributed by atoms with E-state index in [1.165, 1.54) is 0 Å². The van der Waals surface area contributed by atoms with Crippen LogP contribution in [0.2, 0.25) is 0 Å². The summed E-state index contributed by atoms with van der Waals surface area (Å²) < 4.78 is 0. The fourth-order valence-corrected chi connectivity index (χ4v) is 4.73. The topological polar surface area (TPSA) is 77.4 Å². The molecule has 0 spiro atoms. The second kappa shape index (κ2) is 20.6. The van der Waals surface area contributed by atoms with Gasteiger partial charge in [-0.3, -0.25) is 4.90 Å². The Labute approximate surface area is 210 Å². The van der Waals surface area contributed by atoms with Gasteiger partial charge in [-0.25, -0.2) is 0 Å². The third-order valence-electron chi connectivity index (χ3n) is 6.19. The molecule has 0 aromatic rings. The zero-order valence-corrected chi connectivity index (χ0v) is 21.6. The summed E-state index contributed by atoms with van der Waals surface area (Å²) in [6.45, 7) is 32.9. The summed E-state index contributed by atoms with van der Waals surface area (Å²) in [5, 5.41) is 14.2. The van der Waals surface area contributed by atoms with Gasteiger partial charge in [0.05, 0.1) is 0 Å². The molecule has 0 atom stereocenters. The Bertz CT molecular complexity index is 555. The van der Waals surface area contributed by atoms with Crippen LogP contribution in [0.3, 0.4) is 0 Å². The highest BCUT2D eigenvalue weighted by Crippen LogP contribution is 2.41. The third kappa shape index (κ3) is 10.6. The maximum atomic E-state index is 5.48. The Morgan fingerprint density at radius 3 is 1.35 bits per heavy atom. The Hall–Kier alpha value is -1.80. The first kappa shape index (κ1) is 32.2. The molecule has 0 aromatic carbocycles. The maximum absolute atomic E-state index is 5.48. The van der Waals surface area contributed by atoms with E-state index in [9.17, 15) is 0 Å². The van der Waals surface area contributed by atoms with Gasteiger partial charge in [-0.2, -0.15) is 0 Å². The van der Waals surface area contributed by atoms with E-state index in [2.05, 4.69) is 65.6 Å². The van der Waals surface area contributed by atoms with Gasteiger partial charge in [0.15, 0.2) is 0 Å². The van der Waals surface area contributed by atoms with Gasteiger partial charge in [0.1, 0.15) is 0 Å². The predicted molar refractivity (Wildman–Crippen MR) is 152 cm³/mol. The van der Waals surface area contributed by atoms with Crippen molar-refractivity contribution in [2.24, 2.45) is 5.73 Å². The van der Waals surface area contributed by atoms with Gasteiger partial charge in [-0.1, -0.05) is 36.5 Å². The first-order chi connectivity index (χ1) is 16.6. The van der Waals surface area contributed by atoms with Crippen LogP contribution in [0.15, 0.2) is 75.9 Å². The van der Waals surface area contributed by atoms with Gasteiger partial charge < -0.3 is 27.0 Å². The van der Waals surface area contributed by atoms with Gasteiger partial charge in [0, 0.05) is 76.5 Å². The quantitative estimate of drug-likeness (QED) is 0.0984. The molecule has 0 heterocycles. The van der Waals surface area contributed by atoms with Crippen molar-refractivity contribution in [2.75, 3.05) is 65.4 Å². The molecule has 0 saturated carbocycles. The first-order valence-electron chi connectivity index (χ1n) is 12.6. The molecule has 0 aliphatic carbocycles. The van der Waals surface area contributed by atoms with Crippen molar-refractivity contribution in [3.63, 3.8) is 0 Å². The fourth-order valence-electron chi connectivity index (χ4n) is 4.73. The van der Waals surface area contributed by atoms with Crippen molar-refractivity contribution in [2.45, 2.75) is 36.8 Å². The lowest BCUT2D eigenvalue weighted by Crippen LogP contribution is -2.70. The molecule has 0 fully saturated rings. The number of rotatable bonds is 26. The number of hydrogen-bond acceptors (Lipinski definition) is 6. The zero-order valence-electron chi connectivity index (χ0n) is 21.6. The lowest BCUT2D eigenvalue weighted by molar-refractivity contribution is 0.0135. The van der Waals surface area contributed by atoms with E-state index >= 15 is 0 Å². The highest BCUT2D eigenvalue weighted by Gasteiger charge is 2.51. The smallest absolute Gasteiger partial charge is 0.0472 e. The van der Waals surface area contributed by atoms with Crippen molar-refractivity contribution in [3.05, 3.63) is 75.9 Å². The minimum absolute atomic E-state index is 0.278. The molecule has 6 N–H and O–H groups in total. The maximum Gasteiger partial charge on any atom is 0.0472 e. The largest absolute Gasteiger partial charge is 0.329 e. The lowest BCUT2D eigenvalue weighted by Gasteiger charge is -2.56. The third-order valence-corrected chi connectivity index (χ3v) is 6.19. The number of nitrogens with two attached hydrogens (primary N) is 1. The van der Waals surface area contributed by atoms with E-state index in [1.54, 1.807) is 0 Å². The van der Waals surface area contributed by atoms with Crippen LogP contribution in [0, 0.1) is 0 Å². The highest BCUT2D eigenvalue weighted by molar-refractivity contribution is 5.20. The second-order valence-electron chi connectivity index (χ2n) is 8.53. The molecule has 0 aromatic heterocycles. The van der Waals surface area contributed by atoms with Crippen LogP contribution in [0.5, 0.6) is 0 Å². The zero-order chi connectivity index (χ0) is 25.5. The molecule has 0 unspecified atom stereocenters. The molecule has 0 saturated heterocycles. The Kier molecular flexibility index (Phi) is 19.5. The summed E-state index contributed by atoms with van der Waals surface area (Å²) in [7, 11) is 0. The Balaban J connectivity index is 5.41. The monoisotopic (exact) mass is 472 g/mol. The van der Waals surface area contributed by atoms with Crippen molar-refractivity contribution in [1.82, 2.24) is 26.2 Å². The molecule has 0 bridgehead atoms. The van der Waals surface area contributed by atoms with Gasteiger partial charge in [0.2, 0.25) is 0 Å². The molecular weight excluding hydrogens is 420 g/mol. The van der Waals surface area contributed by atoms with Crippen LogP contribution in [0.1, 0.15) is 25.7 Å². The summed E-state index contributed by atoms with van der Waals surface area (Å²) in [6.07, 6.45) is 15.1. The van der Waals surface area contributed by atoms with Crippen molar-refractivity contribution in [3.8, 4) is 0 Å². The summed E-state index contributed by atoms with van der Waals surface area (Å²) in [5.41, 5.74) is 4.91. The first-order valence-corrected chi connectivity index (χ1v) is 12.6. The van der Waals surface area contributed by atoms with E-state index in [4.69, 9.17) is 5.73 Å². The standard InChI is InChI=1S/C28H52N6/c1-7-13-27(14-8-2,33-24-23-32-22-21-31-20-19-30-18-17-29)28(15-9-3,16-10-4)34(25-11-5)26-12-6/h7-12,30-33H,1-6,13-26,29H2. The number of nitrogens with one attached hydrogen (secondary N) is 4. The van der Waals surface area contributed by atoms with Crippen LogP contribution in [-0.2, 0) is 0 Å². The van der Waals surface area contributed by atoms with Crippen LogP contribution in [0.4, 0.5) is 0 Å². The minimum atomic E-state index is -0.292. The number of hydrogen-bond donors (Lipinski definition) is 5. The summed E-state index contributed by atoms with van der Waals surface area (Å²) >= 11 is 0. The van der Waals surface area contributed by atoms with Crippen LogP contribution >= 0.6 is 0 Å². The molecule has 0 aliphatic rings. The molecule has 194 valence electrons. The van der Waals surface area contributed by atoms with Crippen molar-refractivity contribution >= 4 is 0 Å². The fraction of sp³-hybridized carbons (Fsp3) is 0.571. The summed E-state index contributed by atoms with van der Waals surface area (Å²) in [4.78, 5) is 2.44. The molecule has 0 amide bonds. The lowest BCUT2D eigenvalue weighted by atomic mass is 9.66. The molecular formula is C28H52N6. The van der Waals surface area contributed by atoms with E-state index < -0.39 is 0 Å². The molecule has 0 rings (SSSR count). The van der Waals surface area contributed by atoms with Gasteiger partial charge in [-0.05, 0) is 25.7 Å². The molecule has 6 nitrogen and oxygen atoms in total. The van der Waals surface area contributed by atoms with Crippen LogP contribution in [-0.4, -0.2) is 81.4 Å². The molecule has 0 aliphatic heterocycles. The van der Waals surface area contributed by atoms with Gasteiger partial charge in [0.25, 0.3) is 0 Å². The summed E-state index contributed by atoms with van der Waals surface area (Å²) in [5.74, 6) is 0. The molecule has 34 heavy (non-hydrogen) atoms. The highest BCUT2D eigenvalue weighted by atomic mass is 15.3. The van der Waals surface area contributed by atoms with Gasteiger partial charge >= 0.3 is 0 Å². The Morgan fingerprint density at radius 1 is 0.559 bits per heavy atom. The predicted octanol–water partition coefficient (Wildman–Crippen LogP) is 2.76. The van der Waals surface area contributed by atoms with Gasteiger partial charge in [-0.15, -0.1) is 39.5 Å². The van der Waals surface area contributed by atoms with E-state index in [0.717, 1.165) is 84.6 Å². The number of nitrogens with zero attached hydrogens (tertiary/aromatic N) is 1. The van der Waals surface area contributed by atoms with Crippen molar-refractivity contribution in [1.29, 1.82) is 0 Å².